The number of aromatic hydroxyl groups is 1. The molecule has 0 radical (unpaired) electrons. The predicted molar refractivity (Wildman–Crippen MR) is 98.8 cm³/mol. The van der Waals surface area contributed by atoms with Crippen LogP contribution >= 0.6 is 11.3 Å². The molecule has 1 aliphatic rings. The first-order chi connectivity index (χ1) is 12.8. The molecule has 0 bridgehead atoms. The Morgan fingerprint density at radius 3 is 2.63 bits per heavy atom. The summed E-state index contributed by atoms with van der Waals surface area (Å²) in [6.45, 7) is 1.60. The second-order valence-electron chi connectivity index (χ2n) is 6.40. The molecule has 8 nitrogen and oxygen atoms in total. The van der Waals surface area contributed by atoms with Gasteiger partial charge in [-0.15, -0.1) is 0 Å². The molecule has 1 N–H and O–H groups in total. The zero-order chi connectivity index (χ0) is 19.2. The molecule has 1 aromatic carbocycles. The van der Waals surface area contributed by atoms with Crippen LogP contribution in [0.3, 0.4) is 0 Å². The molecule has 1 saturated heterocycles. The van der Waals surface area contributed by atoms with E-state index in [1.807, 2.05) is 4.90 Å². The number of aromatic nitrogens is 3. The molecule has 1 fully saturated rings. The van der Waals surface area contributed by atoms with Gasteiger partial charge in [0.2, 0.25) is 20.9 Å². The second-order valence-corrected chi connectivity index (χ2v) is 9.39. The lowest BCUT2D eigenvalue weighted by molar-refractivity contribution is 0.155. The minimum atomic E-state index is -3.25. The summed E-state index contributed by atoms with van der Waals surface area (Å²) < 4.78 is 40.2. The Bertz CT molecular complexity index is 1070. The minimum absolute atomic E-state index is 0.0349. The van der Waals surface area contributed by atoms with E-state index in [1.165, 1.54) is 44.9 Å². The molecule has 1 atom stereocenters. The number of hydrogen-bond acceptors (Lipinski definition) is 7. The highest BCUT2D eigenvalue weighted by Crippen LogP contribution is 2.40. The van der Waals surface area contributed by atoms with Crippen molar-refractivity contribution in [3.05, 3.63) is 46.9 Å². The fourth-order valence-electron chi connectivity index (χ4n) is 3.37. The zero-order valence-corrected chi connectivity index (χ0v) is 16.1. The topological polar surface area (TPSA) is 91.0 Å². The number of halogens is 1. The quantitative estimate of drug-likeness (QED) is 0.696. The third-order valence-corrected chi connectivity index (χ3v) is 7.05. The summed E-state index contributed by atoms with van der Waals surface area (Å²) >= 11 is 1.28. The number of thiazole rings is 1. The predicted octanol–water partition coefficient (Wildman–Crippen LogP) is 1.30. The molecule has 3 aromatic rings. The van der Waals surface area contributed by atoms with Gasteiger partial charge in [0.1, 0.15) is 12.1 Å². The SMILES string of the molecule is CS(=O)(=O)N1CCN(C(c2cccc(F)c2)c2sc3ncnn3c2O)CC1. The average molecular weight is 411 g/mol. The lowest BCUT2D eigenvalue weighted by atomic mass is 10.0. The number of nitrogens with zero attached hydrogens (tertiary/aromatic N) is 5. The number of sulfonamides is 1. The lowest BCUT2D eigenvalue weighted by Gasteiger charge is -2.38. The van der Waals surface area contributed by atoms with Crippen LogP contribution in [-0.4, -0.2) is 69.8 Å². The first-order valence-corrected chi connectivity index (χ1v) is 11.0. The minimum Gasteiger partial charge on any atom is -0.492 e. The van der Waals surface area contributed by atoms with E-state index in [0.29, 0.717) is 41.6 Å². The highest BCUT2D eigenvalue weighted by Gasteiger charge is 2.33. The molecule has 144 valence electrons. The second kappa shape index (κ2) is 6.82. The number of benzene rings is 1. The number of piperazine rings is 1. The van der Waals surface area contributed by atoms with Crippen molar-refractivity contribution in [2.75, 3.05) is 32.4 Å². The standard InChI is InChI=1S/C16H18FN5O3S2/c1-27(24,25)21-7-5-20(6-8-21)13(11-3-2-4-12(17)9-11)14-15(23)22-16(26-14)18-10-19-22/h2-4,9-10,13,23H,5-8H2,1H3. The highest BCUT2D eigenvalue weighted by atomic mass is 32.2. The Labute approximate surface area is 159 Å². The normalized spacial score (nSPS) is 18.1. The zero-order valence-electron chi connectivity index (χ0n) is 14.5. The summed E-state index contributed by atoms with van der Waals surface area (Å²) in [5, 5.41) is 14.6. The van der Waals surface area contributed by atoms with Crippen LogP contribution in [0.15, 0.2) is 30.6 Å². The summed E-state index contributed by atoms with van der Waals surface area (Å²) in [6.07, 6.45) is 2.55. The first kappa shape index (κ1) is 18.3. The van der Waals surface area contributed by atoms with Gasteiger partial charge in [0.05, 0.1) is 17.2 Å². The molecule has 0 amide bonds. The first-order valence-electron chi connectivity index (χ1n) is 8.30. The maximum absolute atomic E-state index is 13.9. The molecule has 4 rings (SSSR count). The van der Waals surface area contributed by atoms with Crippen LogP contribution in [0.1, 0.15) is 16.5 Å². The monoisotopic (exact) mass is 411 g/mol. The Morgan fingerprint density at radius 1 is 1.26 bits per heavy atom. The molecule has 11 heteroatoms. The summed E-state index contributed by atoms with van der Waals surface area (Å²) in [7, 11) is -3.25. The van der Waals surface area contributed by atoms with Gasteiger partial charge in [0.25, 0.3) is 0 Å². The van der Waals surface area contributed by atoms with Gasteiger partial charge in [0.15, 0.2) is 0 Å². The third kappa shape index (κ3) is 3.43. The van der Waals surface area contributed by atoms with Gasteiger partial charge in [-0.1, -0.05) is 23.5 Å². The van der Waals surface area contributed by atoms with Crippen LogP contribution < -0.4 is 0 Å². The van der Waals surface area contributed by atoms with E-state index in [-0.39, 0.29) is 11.7 Å². The van der Waals surface area contributed by atoms with Crippen molar-refractivity contribution >= 4 is 26.3 Å². The van der Waals surface area contributed by atoms with Crippen LogP contribution in [0.5, 0.6) is 5.88 Å². The molecule has 1 aliphatic heterocycles. The van der Waals surface area contributed by atoms with E-state index in [4.69, 9.17) is 0 Å². The van der Waals surface area contributed by atoms with Crippen molar-refractivity contribution < 1.29 is 17.9 Å². The van der Waals surface area contributed by atoms with Gasteiger partial charge >= 0.3 is 0 Å². The third-order valence-electron chi connectivity index (χ3n) is 4.66. The van der Waals surface area contributed by atoms with E-state index in [0.717, 1.165) is 0 Å². The average Bonchev–Trinajstić information content (AvgIpc) is 3.19. The van der Waals surface area contributed by atoms with Gasteiger partial charge in [-0.05, 0) is 17.7 Å². The smallest absolute Gasteiger partial charge is 0.230 e. The molecular formula is C16H18FN5O3S2. The molecule has 27 heavy (non-hydrogen) atoms. The molecule has 0 spiro atoms. The van der Waals surface area contributed by atoms with Crippen molar-refractivity contribution in [1.29, 1.82) is 0 Å². The maximum atomic E-state index is 13.9. The van der Waals surface area contributed by atoms with Crippen LogP contribution in [0.4, 0.5) is 4.39 Å². The molecule has 3 heterocycles. The largest absolute Gasteiger partial charge is 0.492 e. The van der Waals surface area contributed by atoms with Crippen LogP contribution in [0.25, 0.3) is 4.96 Å². The Balaban J connectivity index is 1.73. The Kier molecular flexibility index (Phi) is 4.62. The van der Waals surface area contributed by atoms with Crippen molar-refractivity contribution in [2.24, 2.45) is 0 Å². The molecule has 1 unspecified atom stereocenters. The maximum Gasteiger partial charge on any atom is 0.230 e. The van der Waals surface area contributed by atoms with E-state index < -0.39 is 16.1 Å². The molecule has 0 saturated carbocycles. The van der Waals surface area contributed by atoms with Gasteiger partial charge in [0, 0.05) is 26.2 Å². The van der Waals surface area contributed by atoms with Crippen molar-refractivity contribution in [3.63, 3.8) is 0 Å². The van der Waals surface area contributed by atoms with E-state index >= 15 is 0 Å². The number of rotatable bonds is 4. The van der Waals surface area contributed by atoms with Crippen molar-refractivity contribution in [3.8, 4) is 5.88 Å². The summed E-state index contributed by atoms with van der Waals surface area (Å²) in [4.78, 5) is 7.30. The van der Waals surface area contributed by atoms with E-state index in [1.54, 1.807) is 12.1 Å². The van der Waals surface area contributed by atoms with Crippen molar-refractivity contribution in [1.82, 2.24) is 23.8 Å². The number of hydrogen-bond donors (Lipinski definition) is 1. The summed E-state index contributed by atoms with van der Waals surface area (Å²) in [5.74, 6) is -0.404. The molecule has 2 aromatic heterocycles. The van der Waals surface area contributed by atoms with Crippen molar-refractivity contribution in [2.45, 2.75) is 6.04 Å². The van der Waals surface area contributed by atoms with Gasteiger partial charge in [-0.25, -0.2) is 17.8 Å². The fourth-order valence-corrected chi connectivity index (χ4v) is 5.29. The van der Waals surface area contributed by atoms with Gasteiger partial charge in [-0.2, -0.15) is 13.9 Å². The Morgan fingerprint density at radius 2 is 2.00 bits per heavy atom. The molecule has 0 aliphatic carbocycles. The Hall–Kier alpha value is -2.08. The summed E-state index contributed by atoms with van der Waals surface area (Å²) in [6, 6.07) is 5.80. The van der Waals surface area contributed by atoms with Crippen LogP contribution in [-0.2, 0) is 10.0 Å². The highest BCUT2D eigenvalue weighted by molar-refractivity contribution is 7.88. The lowest BCUT2D eigenvalue weighted by Crippen LogP contribution is -2.49. The van der Waals surface area contributed by atoms with Crippen LogP contribution in [0, 0.1) is 5.82 Å². The van der Waals surface area contributed by atoms with Crippen LogP contribution in [0.2, 0.25) is 0 Å². The van der Waals surface area contributed by atoms with Gasteiger partial charge in [-0.3, -0.25) is 4.90 Å². The van der Waals surface area contributed by atoms with Gasteiger partial charge < -0.3 is 5.11 Å². The van der Waals surface area contributed by atoms with E-state index in [9.17, 15) is 17.9 Å². The molecular weight excluding hydrogens is 393 g/mol. The fraction of sp³-hybridized carbons (Fsp3) is 0.375. The number of fused-ring (bicyclic) bond motifs is 1. The summed E-state index contributed by atoms with van der Waals surface area (Å²) in [5.41, 5.74) is 0.683. The van der Waals surface area contributed by atoms with E-state index in [2.05, 4.69) is 10.1 Å².